The summed E-state index contributed by atoms with van der Waals surface area (Å²) in [6.45, 7) is 0.312. The van der Waals surface area contributed by atoms with Gasteiger partial charge in [-0.3, -0.25) is 0 Å². The molecule has 2 heterocycles. The molecule has 2 rings (SSSR count). The molecule has 2 aromatic rings. The predicted octanol–water partition coefficient (Wildman–Crippen LogP) is 2.48. The summed E-state index contributed by atoms with van der Waals surface area (Å²) in [6.07, 6.45) is 3.66. The summed E-state index contributed by atoms with van der Waals surface area (Å²) >= 11 is 7.39. The fourth-order valence-corrected chi connectivity index (χ4v) is 2.23. The average Bonchev–Trinajstić information content (AvgIpc) is 2.29. The number of halogens is 1. The van der Waals surface area contributed by atoms with Crippen molar-refractivity contribution in [2.75, 3.05) is 6.26 Å². The summed E-state index contributed by atoms with van der Waals surface area (Å²) in [5.74, 6) is 0. The lowest BCUT2D eigenvalue weighted by Crippen LogP contribution is -2.08. The van der Waals surface area contributed by atoms with Crippen LogP contribution < -0.4 is 5.48 Å². The number of pyridine rings is 2. The van der Waals surface area contributed by atoms with Crippen molar-refractivity contribution in [2.45, 2.75) is 11.6 Å². The zero-order chi connectivity index (χ0) is 11.5. The van der Waals surface area contributed by atoms with Crippen molar-refractivity contribution in [3.63, 3.8) is 0 Å². The molecule has 6 heteroatoms. The van der Waals surface area contributed by atoms with Crippen LogP contribution in [-0.2, 0) is 6.54 Å². The maximum absolute atomic E-state index is 8.67. The van der Waals surface area contributed by atoms with Crippen LogP contribution in [0.5, 0.6) is 0 Å². The van der Waals surface area contributed by atoms with E-state index >= 15 is 0 Å². The number of nitrogens with zero attached hydrogens (tertiary/aromatic N) is 2. The number of hydroxylamine groups is 1. The van der Waals surface area contributed by atoms with E-state index in [-0.39, 0.29) is 0 Å². The Morgan fingerprint density at radius 1 is 1.50 bits per heavy atom. The molecule has 0 aliphatic rings. The van der Waals surface area contributed by atoms with Gasteiger partial charge in [-0.15, -0.1) is 11.8 Å². The van der Waals surface area contributed by atoms with Gasteiger partial charge in [0.05, 0.1) is 12.2 Å². The highest BCUT2D eigenvalue weighted by Gasteiger charge is 2.06. The molecule has 0 unspecified atom stereocenters. The molecule has 0 aromatic carbocycles. The lowest BCUT2D eigenvalue weighted by atomic mass is 10.2. The molecule has 0 saturated heterocycles. The largest absolute Gasteiger partial charge is 0.316 e. The van der Waals surface area contributed by atoms with E-state index in [9.17, 15) is 0 Å². The highest BCUT2D eigenvalue weighted by molar-refractivity contribution is 7.98. The number of aromatic nitrogens is 2. The molecular formula is C10H10ClN3OS. The van der Waals surface area contributed by atoms with Gasteiger partial charge in [-0.25, -0.2) is 9.97 Å². The smallest absolute Gasteiger partial charge is 0.129 e. The normalized spacial score (nSPS) is 10.9. The van der Waals surface area contributed by atoms with E-state index < -0.39 is 0 Å². The van der Waals surface area contributed by atoms with Crippen LogP contribution in [0.25, 0.3) is 10.8 Å². The van der Waals surface area contributed by atoms with Crippen LogP contribution in [0.3, 0.4) is 0 Å². The Morgan fingerprint density at radius 3 is 3.00 bits per heavy atom. The lowest BCUT2D eigenvalue weighted by molar-refractivity contribution is 0.160. The van der Waals surface area contributed by atoms with Gasteiger partial charge in [0.2, 0.25) is 0 Å². The average molecular weight is 256 g/mol. The molecular weight excluding hydrogens is 246 g/mol. The van der Waals surface area contributed by atoms with Gasteiger partial charge in [-0.1, -0.05) is 11.6 Å². The third-order valence-electron chi connectivity index (χ3n) is 2.15. The van der Waals surface area contributed by atoms with E-state index in [1.807, 2.05) is 12.3 Å². The van der Waals surface area contributed by atoms with Crippen molar-refractivity contribution in [2.24, 2.45) is 0 Å². The zero-order valence-corrected chi connectivity index (χ0v) is 10.1. The monoisotopic (exact) mass is 255 g/mol. The molecule has 0 atom stereocenters. The van der Waals surface area contributed by atoms with E-state index in [2.05, 4.69) is 15.4 Å². The van der Waals surface area contributed by atoms with Crippen molar-refractivity contribution in [3.8, 4) is 0 Å². The summed E-state index contributed by atoms with van der Waals surface area (Å²) in [7, 11) is 0. The highest BCUT2D eigenvalue weighted by Crippen LogP contribution is 2.26. The Bertz CT molecular complexity index is 521. The molecule has 2 aromatic heterocycles. The van der Waals surface area contributed by atoms with E-state index in [0.717, 1.165) is 21.5 Å². The molecule has 0 spiro atoms. The summed E-state index contributed by atoms with van der Waals surface area (Å²) in [5, 5.41) is 12.0. The van der Waals surface area contributed by atoms with Crippen molar-refractivity contribution in [1.82, 2.24) is 15.4 Å². The first-order valence-corrected chi connectivity index (χ1v) is 6.21. The van der Waals surface area contributed by atoms with Crippen LogP contribution in [0, 0.1) is 0 Å². The number of thioether (sulfide) groups is 1. The molecule has 4 nitrogen and oxygen atoms in total. The second kappa shape index (κ2) is 4.97. The molecule has 0 aliphatic carbocycles. The molecule has 0 fully saturated rings. The molecule has 0 bridgehead atoms. The van der Waals surface area contributed by atoms with Gasteiger partial charge in [0.15, 0.2) is 0 Å². The first-order valence-electron chi connectivity index (χ1n) is 4.60. The zero-order valence-electron chi connectivity index (χ0n) is 8.57. The van der Waals surface area contributed by atoms with Gasteiger partial charge in [-0.05, 0) is 18.4 Å². The fraction of sp³-hybridized carbons (Fsp3) is 0.200. The maximum atomic E-state index is 8.67. The van der Waals surface area contributed by atoms with Crippen LogP contribution in [0.4, 0.5) is 0 Å². The second-order valence-corrected chi connectivity index (χ2v) is 4.37. The lowest BCUT2D eigenvalue weighted by Gasteiger charge is -2.06. The first kappa shape index (κ1) is 11.6. The van der Waals surface area contributed by atoms with Crippen molar-refractivity contribution >= 4 is 34.1 Å². The summed E-state index contributed by atoms with van der Waals surface area (Å²) in [4.78, 5) is 8.43. The van der Waals surface area contributed by atoms with Gasteiger partial charge >= 0.3 is 0 Å². The second-order valence-electron chi connectivity index (χ2n) is 3.19. The molecule has 0 amide bonds. The van der Waals surface area contributed by atoms with Crippen molar-refractivity contribution in [3.05, 3.63) is 29.2 Å². The third-order valence-corrected chi connectivity index (χ3v) is 3.06. The van der Waals surface area contributed by atoms with E-state index in [0.29, 0.717) is 11.7 Å². The van der Waals surface area contributed by atoms with Gasteiger partial charge in [-0.2, -0.15) is 5.48 Å². The topological polar surface area (TPSA) is 58.0 Å². The minimum atomic E-state index is 0.312. The number of fused-ring (bicyclic) bond motifs is 1. The Morgan fingerprint density at radius 2 is 2.31 bits per heavy atom. The van der Waals surface area contributed by atoms with Crippen LogP contribution in [0.2, 0.25) is 5.15 Å². The molecule has 2 N–H and O–H groups in total. The third kappa shape index (κ3) is 2.27. The maximum Gasteiger partial charge on any atom is 0.129 e. The number of nitrogens with one attached hydrogen (secondary N) is 1. The van der Waals surface area contributed by atoms with Crippen molar-refractivity contribution < 1.29 is 5.21 Å². The van der Waals surface area contributed by atoms with Crippen LogP contribution in [0.15, 0.2) is 23.4 Å². The Labute approximate surface area is 102 Å². The molecule has 16 heavy (non-hydrogen) atoms. The summed E-state index contributed by atoms with van der Waals surface area (Å²) < 4.78 is 0. The van der Waals surface area contributed by atoms with Gasteiger partial charge in [0.1, 0.15) is 10.2 Å². The van der Waals surface area contributed by atoms with Crippen LogP contribution in [0.1, 0.15) is 5.69 Å². The summed E-state index contributed by atoms with van der Waals surface area (Å²) in [5.41, 5.74) is 2.86. The Balaban J connectivity index is 2.63. The van der Waals surface area contributed by atoms with Crippen LogP contribution >= 0.6 is 23.4 Å². The molecule has 84 valence electrons. The predicted molar refractivity (Wildman–Crippen MR) is 65.0 cm³/mol. The number of rotatable bonds is 3. The number of hydrogen-bond donors (Lipinski definition) is 2. The first-order chi connectivity index (χ1) is 7.74. The fourth-order valence-electron chi connectivity index (χ4n) is 1.47. The SMILES string of the molecule is CSc1nc(CNO)cc2cnc(Cl)cc12. The van der Waals surface area contributed by atoms with Crippen molar-refractivity contribution in [1.29, 1.82) is 0 Å². The minimum Gasteiger partial charge on any atom is -0.316 e. The number of hydrogen-bond acceptors (Lipinski definition) is 5. The van der Waals surface area contributed by atoms with Crippen LogP contribution in [-0.4, -0.2) is 21.4 Å². The molecule has 0 aliphatic heterocycles. The van der Waals surface area contributed by atoms with E-state index in [1.54, 1.807) is 24.0 Å². The Hall–Kier alpha value is -0.880. The highest BCUT2D eigenvalue weighted by atomic mass is 35.5. The minimum absolute atomic E-state index is 0.312. The standard InChI is InChI=1S/C10H10ClN3OS/c1-16-10-8-3-9(11)12-4-6(8)2-7(14-10)5-13-15/h2-4,13,15H,5H2,1H3. The molecule has 0 radical (unpaired) electrons. The molecule has 0 saturated carbocycles. The van der Waals surface area contributed by atoms with E-state index in [4.69, 9.17) is 16.8 Å². The van der Waals surface area contributed by atoms with Gasteiger partial charge in [0, 0.05) is 17.0 Å². The Kier molecular flexibility index (Phi) is 3.60. The quantitative estimate of drug-likeness (QED) is 0.501. The van der Waals surface area contributed by atoms with E-state index in [1.165, 1.54) is 0 Å². The van der Waals surface area contributed by atoms with Gasteiger partial charge in [0.25, 0.3) is 0 Å². The van der Waals surface area contributed by atoms with Gasteiger partial charge < -0.3 is 5.21 Å². The summed E-state index contributed by atoms with van der Waals surface area (Å²) in [6, 6.07) is 3.67.